The smallest absolute Gasteiger partial charge is 0.252 e. The third-order valence-corrected chi connectivity index (χ3v) is 14.3. The number of nitrogens with one attached hydrogen (secondary N) is 1. The summed E-state index contributed by atoms with van der Waals surface area (Å²) < 4.78 is 6.30. The molecule has 1 N–H and O–H groups in total. The number of carbonyl (C=O) groups is 2. The molecule has 1 saturated carbocycles. The van der Waals surface area contributed by atoms with Gasteiger partial charge in [0.15, 0.2) is 6.29 Å². The van der Waals surface area contributed by atoms with Crippen LogP contribution in [0.15, 0.2) is 53.5 Å². The molecule has 0 unspecified atom stereocenters. The van der Waals surface area contributed by atoms with Crippen LogP contribution < -0.4 is 15.0 Å². The van der Waals surface area contributed by atoms with E-state index >= 15 is 0 Å². The number of aliphatic imine (C=N–C) groups is 1. The number of hydrogen-bond acceptors (Lipinski definition) is 6. The van der Waals surface area contributed by atoms with Crippen molar-refractivity contribution in [1.29, 1.82) is 0 Å². The van der Waals surface area contributed by atoms with E-state index in [4.69, 9.17) is 21.3 Å². The lowest BCUT2D eigenvalue weighted by Crippen LogP contribution is -2.46. The summed E-state index contributed by atoms with van der Waals surface area (Å²) in [6, 6.07) is 17.5. The van der Waals surface area contributed by atoms with Crippen LogP contribution in [0.5, 0.6) is 5.75 Å². The van der Waals surface area contributed by atoms with Crippen molar-refractivity contribution in [3.8, 4) is 5.75 Å². The second-order valence-corrected chi connectivity index (χ2v) is 17.5. The maximum atomic E-state index is 12.2. The van der Waals surface area contributed by atoms with Gasteiger partial charge in [-0.2, -0.15) is 0 Å². The molecule has 0 bridgehead atoms. The SMILES string of the molecule is CN=C1N(c2cccc(Cl)c2C=O)c2ccc(C3CCN(C4CCC(CN5CCC6(CC5)COc5c6ccc6c5CNC6=O)CC4)CC3)cc2C1(C)C. The summed E-state index contributed by atoms with van der Waals surface area (Å²) >= 11 is 6.47. The van der Waals surface area contributed by atoms with Crippen LogP contribution in [0.3, 0.4) is 0 Å². The maximum absolute atomic E-state index is 12.2. The molecule has 5 aliphatic heterocycles. The third kappa shape index (κ3) is 5.82. The van der Waals surface area contributed by atoms with E-state index in [-0.39, 0.29) is 16.7 Å². The number of nitrogens with zero attached hydrogens (tertiary/aromatic N) is 4. The number of likely N-dealkylation sites (tertiary alicyclic amines) is 2. The summed E-state index contributed by atoms with van der Waals surface area (Å²) in [5.41, 5.74) is 8.06. The van der Waals surface area contributed by atoms with Crippen LogP contribution in [0.1, 0.15) is 114 Å². The Morgan fingerprint density at radius 3 is 2.45 bits per heavy atom. The Bertz CT molecular complexity index is 1970. The van der Waals surface area contributed by atoms with Gasteiger partial charge in [0.2, 0.25) is 0 Å². The summed E-state index contributed by atoms with van der Waals surface area (Å²) in [4.78, 5) is 36.7. The fraction of sp³-hybridized carbons (Fsp3) is 0.523. The number of ether oxygens (including phenoxy) is 1. The predicted molar refractivity (Wildman–Crippen MR) is 212 cm³/mol. The summed E-state index contributed by atoms with van der Waals surface area (Å²) in [5, 5.41) is 3.43. The molecule has 0 radical (unpaired) electrons. The lowest BCUT2D eigenvalue weighted by Gasteiger charge is -2.43. The van der Waals surface area contributed by atoms with Crippen LogP contribution in [0.25, 0.3) is 0 Å². The average molecular weight is 734 g/mol. The van der Waals surface area contributed by atoms with E-state index in [1.807, 2.05) is 25.2 Å². The van der Waals surface area contributed by atoms with Crippen LogP contribution >= 0.6 is 11.6 Å². The van der Waals surface area contributed by atoms with Crippen molar-refractivity contribution >= 4 is 41.0 Å². The van der Waals surface area contributed by atoms with Gasteiger partial charge in [0.05, 0.1) is 28.6 Å². The molecule has 9 rings (SSSR count). The first-order valence-electron chi connectivity index (χ1n) is 19.9. The van der Waals surface area contributed by atoms with Crippen LogP contribution in [0.2, 0.25) is 5.02 Å². The Morgan fingerprint density at radius 1 is 0.943 bits per heavy atom. The second-order valence-electron chi connectivity index (χ2n) is 17.1. The molecule has 278 valence electrons. The fourth-order valence-corrected chi connectivity index (χ4v) is 11.1. The van der Waals surface area contributed by atoms with E-state index in [1.54, 1.807) is 6.07 Å². The number of fused-ring (bicyclic) bond motifs is 5. The van der Waals surface area contributed by atoms with E-state index in [0.29, 0.717) is 29.1 Å². The van der Waals surface area contributed by atoms with Gasteiger partial charge in [-0.15, -0.1) is 0 Å². The molecule has 3 aromatic carbocycles. The molecule has 9 heteroatoms. The number of aldehydes is 1. The van der Waals surface area contributed by atoms with E-state index in [2.05, 4.69) is 58.1 Å². The van der Waals surface area contributed by atoms with Crippen molar-refractivity contribution < 1.29 is 14.3 Å². The lowest BCUT2D eigenvalue weighted by atomic mass is 9.73. The molecule has 53 heavy (non-hydrogen) atoms. The van der Waals surface area contributed by atoms with E-state index in [1.165, 1.54) is 74.8 Å². The quantitative estimate of drug-likeness (QED) is 0.259. The van der Waals surface area contributed by atoms with Crippen LogP contribution in [-0.2, 0) is 17.4 Å². The highest BCUT2D eigenvalue weighted by atomic mass is 35.5. The van der Waals surface area contributed by atoms with E-state index < -0.39 is 0 Å². The fourth-order valence-electron chi connectivity index (χ4n) is 10.9. The van der Waals surface area contributed by atoms with Crippen LogP contribution in [-0.4, -0.2) is 80.2 Å². The predicted octanol–water partition coefficient (Wildman–Crippen LogP) is 8.02. The normalized spacial score (nSPS) is 26.0. The van der Waals surface area contributed by atoms with Gasteiger partial charge >= 0.3 is 0 Å². The number of piperidine rings is 2. The van der Waals surface area contributed by atoms with Crippen molar-refractivity contribution in [2.24, 2.45) is 10.9 Å². The molecule has 3 aromatic rings. The third-order valence-electron chi connectivity index (χ3n) is 14.0. The van der Waals surface area contributed by atoms with Gasteiger partial charge in [-0.1, -0.05) is 35.9 Å². The van der Waals surface area contributed by atoms with Crippen LogP contribution in [0.4, 0.5) is 11.4 Å². The number of anilines is 2. The first-order chi connectivity index (χ1) is 25.7. The Morgan fingerprint density at radius 2 is 1.72 bits per heavy atom. The highest BCUT2D eigenvalue weighted by Gasteiger charge is 2.46. The van der Waals surface area contributed by atoms with Gasteiger partial charge in [-0.05, 0) is 139 Å². The second kappa shape index (κ2) is 13.5. The van der Waals surface area contributed by atoms with Gasteiger partial charge in [0.1, 0.15) is 11.6 Å². The molecule has 2 saturated heterocycles. The first kappa shape index (κ1) is 35.0. The van der Waals surface area contributed by atoms with E-state index in [0.717, 1.165) is 78.8 Å². The zero-order valence-corrected chi connectivity index (χ0v) is 32.2. The summed E-state index contributed by atoms with van der Waals surface area (Å²) in [7, 11) is 1.84. The number of halogens is 1. The van der Waals surface area contributed by atoms with Crippen molar-refractivity contribution in [3.05, 3.63) is 86.9 Å². The van der Waals surface area contributed by atoms with Gasteiger partial charge < -0.3 is 19.9 Å². The molecule has 0 atom stereocenters. The summed E-state index contributed by atoms with van der Waals surface area (Å²) in [6.07, 6.45) is 10.8. The number of hydrogen-bond donors (Lipinski definition) is 1. The highest BCUT2D eigenvalue weighted by molar-refractivity contribution is 6.34. The van der Waals surface area contributed by atoms with Crippen molar-refractivity contribution in [2.75, 3.05) is 51.3 Å². The molecule has 0 aromatic heterocycles. The topological polar surface area (TPSA) is 77.5 Å². The molecular formula is C44H52ClN5O3. The minimum Gasteiger partial charge on any atom is -0.492 e. The van der Waals surface area contributed by atoms with Gasteiger partial charge in [-0.25, -0.2) is 0 Å². The van der Waals surface area contributed by atoms with Gasteiger partial charge in [0.25, 0.3) is 5.91 Å². The molecule has 8 nitrogen and oxygen atoms in total. The molecule has 1 aliphatic carbocycles. The number of amidine groups is 1. The first-order valence-corrected chi connectivity index (χ1v) is 20.3. The largest absolute Gasteiger partial charge is 0.492 e. The molecular weight excluding hydrogens is 682 g/mol. The molecule has 1 spiro atoms. The molecule has 5 heterocycles. The number of carbonyl (C=O) groups excluding carboxylic acids is 2. The van der Waals surface area contributed by atoms with Crippen molar-refractivity contribution in [1.82, 2.24) is 15.1 Å². The van der Waals surface area contributed by atoms with Crippen LogP contribution in [0, 0.1) is 5.92 Å². The number of benzene rings is 3. The Hall–Kier alpha value is -3.72. The summed E-state index contributed by atoms with van der Waals surface area (Å²) in [5.74, 6) is 3.30. The molecule has 3 fully saturated rings. The lowest BCUT2D eigenvalue weighted by molar-refractivity contribution is 0.0810. The van der Waals surface area contributed by atoms with Crippen molar-refractivity contribution in [3.63, 3.8) is 0 Å². The zero-order valence-electron chi connectivity index (χ0n) is 31.4. The monoisotopic (exact) mass is 733 g/mol. The van der Waals surface area contributed by atoms with Gasteiger partial charge in [-0.3, -0.25) is 19.5 Å². The molecule has 6 aliphatic rings. The Labute approximate surface area is 318 Å². The number of amides is 1. The highest BCUT2D eigenvalue weighted by Crippen LogP contribution is 2.50. The Balaban J connectivity index is 0.784. The summed E-state index contributed by atoms with van der Waals surface area (Å²) in [6.45, 7) is 11.7. The average Bonchev–Trinajstić information content (AvgIpc) is 3.81. The minimum atomic E-state index is -0.297. The van der Waals surface area contributed by atoms with Gasteiger partial charge in [0, 0.05) is 53.7 Å². The standard InChI is InChI=1S/C44H52ClN5O3/c1-43(2)36-23-30(9-14-39(36)50(42(43)46-3)38-6-4-5-37(45)34(38)26-51)29-15-19-49(20-16-29)31-10-7-28(8-11-31)25-48-21-17-44(18-22-48)27-53-40-33-24-47-41(52)32(33)12-13-35(40)44/h4-6,9,12-14,23,26,28-29,31H,7-8,10-11,15-22,24-25,27H2,1-3H3,(H,47,52). The Kier molecular flexibility index (Phi) is 8.94. The molecule has 1 amide bonds. The number of rotatable bonds is 6. The minimum absolute atomic E-state index is 0.0299. The van der Waals surface area contributed by atoms with E-state index in [9.17, 15) is 9.59 Å². The zero-order chi connectivity index (χ0) is 36.5. The van der Waals surface area contributed by atoms with Crippen molar-refractivity contribution in [2.45, 2.75) is 94.5 Å². The maximum Gasteiger partial charge on any atom is 0.252 e.